The summed E-state index contributed by atoms with van der Waals surface area (Å²) >= 11 is 3.37. The Kier molecular flexibility index (Phi) is 2.56. The van der Waals surface area contributed by atoms with E-state index in [4.69, 9.17) is 0 Å². The SMILES string of the molecule is O=C1NCc2cc(Br)cnc2N1C1CC(O)C1. The Balaban J connectivity index is 1.96. The van der Waals surface area contributed by atoms with E-state index in [1.165, 1.54) is 0 Å². The summed E-state index contributed by atoms with van der Waals surface area (Å²) in [4.78, 5) is 17.8. The lowest BCUT2D eigenvalue weighted by atomic mass is 9.87. The molecule has 2 N–H and O–H groups in total. The first-order valence-corrected chi connectivity index (χ1v) is 6.34. The highest BCUT2D eigenvalue weighted by molar-refractivity contribution is 9.10. The largest absolute Gasteiger partial charge is 0.393 e. The number of aliphatic hydroxyl groups is 1. The van der Waals surface area contributed by atoms with Crippen LogP contribution in [0.2, 0.25) is 0 Å². The highest BCUT2D eigenvalue weighted by Gasteiger charge is 2.39. The Labute approximate surface area is 107 Å². The number of aliphatic hydroxyl groups excluding tert-OH is 1. The van der Waals surface area contributed by atoms with Gasteiger partial charge in [-0.2, -0.15) is 0 Å². The second kappa shape index (κ2) is 3.96. The average Bonchev–Trinajstić information content (AvgIpc) is 2.26. The van der Waals surface area contributed by atoms with E-state index in [0.717, 1.165) is 10.0 Å². The van der Waals surface area contributed by atoms with E-state index in [0.29, 0.717) is 25.2 Å². The summed E-state index contributed by atoms with van der Waals surface area (Å²) in [6.45, 7) is 0.506. The summed E-state index contributed by atoms with van der Waals surface area (Å²) in [6.07, 6.45) is 2.67. The number of carbonyl (C=O) groups is 1. The van der Waals surface area contributed by atoms with Crippen LogP contribution in [0.5, 0.6) is 0 Å². The van der Waals surface area contributed by atoms with E-state index in [-0.39, 0.29) is 18.2 Å². The standard InChI is InChI=1S/C11H12BrN3O2/c12-7-1-6-4-14-11(17)15(10(6)13-5-7)8-2-9(16)3-8/h1,5,8-9,16H,2-4H2,(H,14,17). The molecule has 2 heterocycles. The van der Waals surface area contributed by atoms with Crippen molar-refractivity contribution in [3.05, 3.63) is 22.3 Å². The molecule has 0 atom stereocenters. The lowest BCUT2D eigenvalue weighted by Gasteiger charge is -2.42. The number of aromatic nitrogens is 1. The van der Waals surface area contributed by atoms with Gasteiger partial charge in [0.25, 0.3) is 0 Å². The van der Waals surface area contributed by atoms with Gasteiger partial charge in [0.15, 0.2) is 0 Å². The molecule has 90 valence electrons. The van der Waals surface area contributed by atoms with Gasteiger partial charge >= 0.3 is 6.03 Å². The number of nitrogens with zero attached hydrogens (tertiary/aromatic N) is 2. The Morgan fingerprint density at radius 2 is 2.29 bits per heavy atom. The summed E-state index contributed by atoms with van der Waals surface area (Å²) in [7, 11) is 0. The lowest BCUT2D eigenvalue weighted by molar-refractivity contribution is 0.0748. The van der Waals surface area contributed by atoms with Crippen molar-refractivity contribution < 1.29 is 9.90 Å². The van der Waals surface area contributed by atoms with Crippen molar-refractivity contribution >= 4 is 27.8 Å². The average molecular weight is 298 g/mol. The fraction of sp³-hybridized carbons (Fsp3) is 0.455. The molecule has 2 amide bonds. The summed E-state index contributed by atoms with van der Waals surface area (Å²) in [6, 6.07) is 1.91. The Hall–Kier alpha value is -1.14. The van der Waals surface area contributed by atoms with Crippen molar-refractivity contribution in [1.29, 1.82) is 0 Å². The van der Waals surface area contributed by atoms with Crippen LogP contribution in [0.4, 0.5) is 10.6 Å². The number of halogens is 1. The molecule has 0 unspecified atom stereocenters. The zero-order valence-corrected chi connectivity index (χ0v) is 10.6. The van der Waals surface area contributed by atoms with E-state index >= 15 is 0 Å². The van der Waals surface area contributed by atoms with Gasteiger partial charge in [0, 0.05) is 28.8 Å². The van der Waals surface area contributed by atoms with Crippen molar-refractivity contribution in [3.8, 4) is 0 Å². The number of amides is 2. The monoisotopic (exact) mass is 297 g/mol. The number of pyridine rings is 1. The smallest absolute Gasteiger partial charge is 0.323 e. The maximum absolute atomic E-state index is 11.9. The Morgan fingerprint density at radius 1 is 1.53 bits per heavy atom. The zero-order valence-electron chi connectivity index (χ0n) is 9.06. The van der Waals surface area contributed by atoms with Gasteiger partial charge in [0.1, 0.15) is 5.82 Å². The molecule has 5 nitrogen and oxygen atoms in total. The van der Waals surface area contributed by atoms with Gasteiger partial charge in [0.05, 0.1) is 6.10 Å². The molecule has 1 fully saturated rings. The third-order valence-corrected chi connectivity index (χ3v) is 3.67. The predicted octanol–water partition coefficient (Wildman–Crippen LogP) is 1.40. The molecule has 1 aliphatic heterocycles. The van der Waals surface area contributed by atoms with Gasteiger partial charge < -0.3 is 10.4 Å². The maximum atomic E-state index is 11.9. The van der Waals surface area contributed by atoms with E-state index in [9.17, 15) is 9.90 Å². The van der Waals surface area contributed by atoms with Crippen LogP contribution in [0.3, 0.4) is 0 Å². The normalized spacial score (nSPS) is 27.2. The number of rotatable bonds is 1. The van der Waals surface area contributed by atoms with E-state index in [1.54, 1.807) is 11.1 Å². The molecule has 0 saturated heterocycles. The molecule has 1 aromatic rings. The van der Waals surface area contributed by atoms with Gasteiger partial charge in [-0.3, -0.25) is 4.90 Å². The van der Waals surface area contributed by atoms with Crippen molar-refractivity contribution in [3.63, 3.8) is 0 Å². The van der Waals surface area contributed by atoms with Crippen LogP contribution in [0.1, 0.15) is 18.4 Å². The van der Waals surface area contributed by atoms with Crippen LogP contribution in [0.15, 0.2) is 16.7 Å². The number of anilines is 1. The first-order chi connectivity index (χ1) is 8.15. The summed E-state index contributed by atoms with van der Waals surface area (Å²) in [5.41, 5.74) is 1.00. The third-order valence-electron chi connectivity index (χ3n) is 3.24. The minimum atomic E-state index is -0.284. The number of urea groups is 1. The highest BCUT2D eigenvalue weighted by atomic mass is 79.9. The van der Waals surface area contributed by atoms with Gasteiger partial charge in [-0.25, -0.2) is 9.78 Å². The second-order valence-corrected chi connectivity index (χ2v) is 5.36. The van der Waals surface area contributed by atoms with Crippen molar-refractivity contribution in [2.75, 3.05) is 4.90 Å². The molecule has 0 radical (unpaired) electrons. The fourth-order valence-electron chi connectivity index (χ4n) is 2.28. The number of carbonyl (C=O) groups excluding carboxylic acids is 1. The molecule has 1 saturated carbocycles. The number of fused-ring (bicyclic) bond motifs is 1. The Morgan fingerprint density at radius 3 is 3.00 bits per heavy atom. The highest BCUT2D eigenvalue weighted by Crippen LogP contribution is 2.33. The van der Waals surface area contributed by atoms with Crippen LogP contribution < -0.4 is 10.2 Å². The van der Waals surface area contributed by atoms with E-state index in [2.05, 4.69) is 26.2 Å². The van der Waals surface area contributed by atoms with Crippen LogP contribution in [0.25, 0.3) is 0 Å². The topological polar surface area (TPSA) is 65.5 Å². The summed E-state index contributed by atoms with van der Waals surface area (Å²) in [5, 5.41) is 12.2. The lowest BCUT2D eigenvalue weighted by Crippen LogP contribution is -2.56. The fourth-order valence-corrected chi connectivity index (χ4v) is 2.66. The van der Waals surface area contributed by atoms with Gasteiger partial charge in [-0.05, 0) is 34.8 Å². The Bertz CT molecular complexity index is 474. The quantitative estimate of drug-likeness (QED) is 0.823. The summed E-state index contributed by atoms with van der Waals surface area (Å²) < 4.78 is 0.904. The van der Waals surface area contributed by atoms with Crippen LogP contribution in [0, 0.1) is 0 Å². The molecule has 0 bridgehead atoms. The molecule has 2 aliphatic rings. The molecule has 0 aromatic carbocycles. The maximum Gasteiger partial charge on any atom is 0.323 e. The van der Waals surface area contributed by atoms with Crippen molar-refractivity contribution in [2.45, 2.75) is 31.5 Å². The minimum absolute atomic E-state index is 0.0673. The molecule has 17 heavy (non-hydrogen) atoms. The molecule has 0 spiro atoms. The molecular formula is C11H12BrN3O2. The predicted molar refractivity (Wildman–Crippen MR) is 65.7 cm³/mol. The van der Waals surface area contributed by atoms with Crippen molar-refractivity contribution in [2.24, 2.45) is 0 Å². The first-order valence-electron chi connectivity index (χ1n) is 5.54. The molecule has 1 aromatic heterocycles. The number of hydrogen-bond donors (Lipinski definition) is 2. The molecule has 3 rings (SSSR count). The zero-order chi connectivity index (χ0) is 12.0. The van der Waals surface area contributed by atoms with Crippen molar-refractivity contribution in [1.82, 2.24) is 10.3 Å². The van der Waals surface area contributed by atoms with Gasteiger partial charge in [-0.15, -0.1) is 0 Å². The first kappa shape index (κ1) is 11.0. The third kappa shape index (κ3) is 1.81. The van der Waals surface area contributed by atoms with E-state index in [1.807, 2.05) is 6.07 Å². The van der Waals surface area contributed by atoms with Crippen LogP contribution in [-0.2, 0) is 6.54 Å². The van der Waals surface area contributed by atoms with Gasteiger partial charge in [0.2, 0.25) is 0 Å². The minimum Gasteiger partial charge on any atom is -0.393 e. The number of nitrogens with one attached hydrogen (secondary N) is 1. The second-order valence-electron chi connectivity index (χ2n) is 4.44. The van der Waals surface area contributed by atoms with Gasteiger partial charge in [-0.1, -0.05) is 0 Å². The van der Waals surface area contributed by atoms with E-state index < -0.39 is 0 Å². The molecule has 6 heteroatoms. The molecule has 1 aliphatic carbocycles. The molecular weight excluding hydrogens is 286 g/mol. The van der Waals surface area contributed by atoms with Crippen LogP contribution >= 0.6 is 15.9 Å². The van der Waals surface area contributed by atoms with Crippen LogP contribution in [-0.4, -0.2) is 28.3 Å². The summed E-state index contributed by atoms with van der Waals surface area (Å²) in [5.74, 6) is 0.717. The number of hydrogen-bond acceptors (Lipinski definition) is 3.